The molecule has 2 atom stereocenters. The summed E-state index contributed by atoms with van der Waals surface area (Å²) in [7, 11) is -3.94. The summed E-state index contributed by atoms with van der Waals surface area (Å²) in [6, 6.07) is 0. The number of esters is 2. The zero-order valence-electron chi connectivity index (χ0n) is 10.7. The fraction of sp³-hybridized carbons (Fsp3) is 0.750. The van der Waals surface area contributed by atoms with Crippen molar-refractivity contribution in [2.24, 2.45) is 0 Å². The van der Waals surface area contributed by atoms with E-state index in [1.54, 1.807) is 0 Å². The Bertz CT molecular complexity index is 415. The molecule has 1 rings (SSSR count). The first-order valence-corrected chi connectivity index (χ1v) is 8.20. The van der Waals surface area contributed by atoms with Crippen LogP contribution in [-0.4, -0.2) is 51.7 Å². The van der Waals surface area contributed by atoms with Crippen LogP contribution in [0.1, 0.15) is 0 Å². The van der Waals surface area contributed by atoms with Gasteiger partial charge >= 0.3 is 27.1 Å². The zero-order chi connectivity index (χ0) is 14.8. The van der Waals surface area contributed by atoms with E-state index in [9.17, 15) is 18.7 Å². The smallest absolute Gasteiger partial charge is 0.345 e. The molecule has 0 radical (unpaired) electrons. The third-order valence-corrected chi connectivity index (χ3v) is 7.33. The molecule has 0 N–H and O–H groups in total. The molecule has 0 aromatic heterocycles. The third kappa shape index (κ3) is 2.67. The van der Waals surface area contributed by atoms with E-state index in [0.717, 1.165) is 28.4 Å². The molecule has 0 spiro atoms. The van der Waals surface area contributed by atoms with Gasteiger partial charge in [0, 0.05) is 28.4 Å². The molecule has 0 aromatic carbocycles. The second-order valence-corrected chi connectivity index (χ2v) is 8.17. The van der Waals surface area contributed by atoms with Crippen molar-refractivity contribution in [2.75, 3.05) is 28.4 Å². The fourth-order valence-electron chi connectivity index (χ4n) is 1.69. The van der Waals surface area contributed by atoms with Gasteiger partial charge in [-0.15, -0.1) is 0 Å². The van der Waals surface area contributed by atoms with Gasteiger partial charge in [-0.25, -0.2) is 0 Å². The van der Waals surface area contributed by atoms with Gasteiger partial charge < -0.3 is 22.8 Å². The Hall–Kier alpha value is -0.560. The molecule has 1 heterocycles. The topological polar surface area (TPSA) is 114 Å². The van der Waals surface area contributed by atoms with Gasteiger partial charge in [-0.05, 0) is 0 Å². The van der Waals surface area contributed by atoms with Crippen molar-refractivity contribution < 1.29 is 41.6 Å². The Kier molecular flexibility index (Phi) is 5.06. The Morgan fingerprint density at radius 2 is 1.05 bits per heavy atom. The van der Waals surface area contributed by atoms with Crippen LogP contribution in [-0.2, 0) is 41.6 Å². The van der Waals surface area contributed by atoms with E-state index in [2.05, 4.69) is 22.8 Å². The van der Waals surface area contributed by atoms with Gasteiger partial charge in [0.25, 0.3) is 0 Å². The number of hydrogen-bond donors (Lipinski definition) is 0. The number of cyclic esters (lactones) is 2. The SMILES string of the molecule is COP(=O)(OC)C1C(=O)OC(=O)C1P(=O)(OC)OC. The van der Waals surface area contributed by atoms with E-state index < -0.39 is 38.4 Å². The van der Waals surface area contributed by atoms with Crippen molar-refractivity contribution >= 4 is 27.1 Å². The number of carbonyl (C=O) groups excluding carboxylic acids is 2. The number of carbonyl (C=O) groups is 2. The highest BCUT2D eigenvalue weighted by molar-refractivity contribution is 7.61. The summed E-state index contributed by atoms with van der Waals surface area (Å²) in [5, 5.41) is 0. The third-order valence-electron chi connectivity index (χ3n) is 2.68. The number of rotatable bonds is 6. The normalized spacial score (nSPS) is 24.6. The lowest BCUT2D eigenvalue weighted by Gasteiger charge is -2.24. The summed E-state index contributed by atoms with van der Waals surface area (Å²) in [6.07, 6.45) is 0. The monoisotopic (exact) mass is 316 g/mol. The zero-order valence-corrected chi connectivity index (χ0v) is 12.5. The molecule has 0 amide bonds. The Morgan fingerprint density at radius 3 is 1.26 bits per heavy atom. The maximum absolute atomic E-state index is 12.3. The first kappa shape index (κ1) is 16.5. The van der Waals surface area contributed by atoms with Crippen LogP contribution in [0.15, 0.2) is 0 Å². The van der Waals surface area contributed by atoms with Crippen LogP contribution in [0.5, 0.6) is 0 Å². The van der Waals surface area contributed by atoms with E-state index in [0.29, 0.717) is 0 Å². The predicted molar refractivity (Wildman–Crippen MR) is 61.9 cm³/mol. The summed E-state index contributed by atoms with van der Waals surface area (Å²) in [5.74, 6) is -2.31. The predicted octanol–water partition coefficient (Wildman–Crippen LogP) is 0.779. The minimum atomic E-state index is -4.03. The lowest BCUT2D eigenvalue weighted by atomic mass is 10.3. The summed E-state index contributed by atoms with van der Waals surface area (Å²) in [4.78, 5) is 23.3. The van der Waals surface area contributed by atoms with Gasteiger partial charge in [0.2, 0.25) is 0 Å². The van der Waals surface area contributed by atoms with Crippen LogP contribution in [0.4, 0.5) is 0 Å². The van der Waals surface area contributed by atoms with Crippen LogP contribution in [0, 0.1) is 0 Å². The summed E-state index contributed by atoms with van der Waals surface area (Å²) < 4.78 is 47.5. The highest BCUT2D eigenvalue weighted by Crippen LogP contribution is 2.65. The molecular weight excluding hydrogens is 302 g/mol. The molecule has 0 saturated carbocycles. The van der Waals surface area contributed by atoms with E-state index >= 15 is 0 Å². The van der Waals surface area contributed by atoms with Crippen molar-refractivity contribution in [1.29, 1.82) is 0 Å². The fourth-order valence-corrected chi connectivity index (χ4v) is 5.43. The molecule has 2 unspecified atom stereocenters. The molecule has 0 aromatic rings. The molecule has 1 saturated heterocycles. The summed E-state index contributed by atoms with van der Waals surface area (Å²) >= 11 is 0. The van der Waals surface area contributed by atoms with Gasteiger partial charge in [0.1, 0.15) is 0 Å². The lowest BCUT2D eigenvalue weighted by Crippen LogP contribution is -2.31. The first-order valence-electron chi connectivity index (χ1n) is 4.97. The van der Waals surface area contributed by atoms with Crippen LogP contribution >= 0.6 is 15.2 Å². The molecule has 9 nitrogen and oxygen atoms in total. The Morgan fingerprint density at radius 1 is 0.789 bits per heavy atom. The molecule has 110 valence electrons. The quantitative estimate of drug-likeness (QED) is 0.398. The minimum absolute atomic E-state index is 1.03. The largest absolute Gasteiger partial charge is 0.392 e. The van der Waals surface area contributed by atoms with Gasteiger partial charge in [0.15, 0.2) is 11.3 Å². The molecular formula is C8H14O9P2. The van der Waals surface area contributed by atoms with E-state index in [1.165, 1.54) is 0 Å². The molecule has 19 heavy (non-hydrogen) atoms. The van der Waals surface area contributed by atoms with E-state index in [1.807, 2.05) is 0 Å². The van der Waals surface area contributed by atoms with Crippen LogP contribution in [0.3, 0.4) is 0 Å². The standard InChI is InChI=1S/C8H14O9P2/c1-13-18(11,14-2)5-6(8(10)17-7(5)9)19(12,15-3)16-4/h5-6H,1-4H3. The van der Waals surface area contributed by atoms with E-state index in [-0.39, 0.29) is 0 Å². The van der Waals surface area contributed by atoms with Crippen LogP contribution in [0.2, 0.25) is 0 Å². The Balaban J connectivity index is 3.35. The summed E-state index contributed by atoms with van der Waals surface area (Å²) in [5.41, 5.74) is -3.39. The first-order chi connectivity index (χ1) is 8.79. The Labute approximate surface area is 109 Å². The van der Waals surface area contributed by atoms with Gasteiger partial charge in [-0.2, -0.15) is 0 Å². The van der Waals surface area contributed by atoms with Gasteiger partial charge in [-0.3, -0.25) is 18.7 Å². The van der Waals surface area contributed by atoms with Crippen molar-refractivity contribution in [3.8, 4) is 0 Å². The minimum Gasteiger partial charge on any atom is -0.392 e. The number of ether oxygens (including phenoxy) is 1. The molecule has 1 fully saturated rings. The maximum Gasteiger partial charge on any atom is 0.345 e. The van der Waals surface area contributed by atoms with Crippen molar-refractivity contribution in [2.45, 2.75) is 11.3 Å². The number of hydrogen-bond acceptors (Lipinski definition) is 9. The molecule has 1 aliphatic rings. The van der Waals surface area contributed by atoms with Gasteiger partial charge in [0.05, 0.1) is 0 Å². The van der Waals surface area contributed by atoms with E-state index in [4.69, 9.17) is 0 Å². The molecule has 0 aliphatic carbocycles. The van der Waals surface area contributed by atoms with Crippen molar-refractivity contribution in [3.63, 3.8) is 0 Å². The average Bonchev–Trinajstić information content (AvgIpc) is 2.72. The van der Waals surface area contributed by atoms with Crippen LogP contribution in [0.25, 0.3) is 0 Å². The van der Waals surface area contributed by atoms with Crippen LogP contribution < -0.4 is 0 Å². The van der Waals surface area contributed by atoms with Gasteiger partial charge in [-0.1, -0.05) is 0 Å². The second kappa shape index (κ2) is 5.83. The second-order valence-electron chi connectivity index (χ2n) is 3.44. The molecule has 0 bridgehead atoms. The average molecular weight is 316 g/mol. The van der Waals surface area contributed by atoms with Crippen molar-refractivity contribution in [1.82, 2.24) is 0 Å². The lowest BCUT2D eigenvalue weighted by molar-refractivity contribution is -0.151. The highest BCUT2D eigenvalue weighted by Gasteiger charge is 2.63. The summed E-state index contributed by atoms with van der Waals surface area (Å²) in [6.45, 7) is 0. The molecule has 1 aliphatic heterocycles. The van der Waals surface area contributed by atoms with Crippen molar-refractivity contribution in [3.05, 3.63) is 0 Å². The molecule has 11 heteroatoms. The highest BCUT2D eigenvalue weighted by atomic mass is 31.2. The maximum atomic E-state index is 12.3.